The van der Waals surface area contributed by atoms with Crippen molar-refractivity contribution in [3.05, 3.63) is 36.4 Å². The summed E-state index contributed by atoms with van der Waals surface area (Å²) in [5, 5.41) is 3.45. The van der Waals surface area contributed by atoms with Crippen molar-refractivity contribution in [1.82, 2.24) is 15.3 Å². The molecule has 0 saturated carbocycles. The van der Waals surface area contributed by atoms with Gasteiger partial charge in [-0.1, -0.05) is 0 Å². The second-order valence-corrected chi connectivity index (χ2v) is 5.75. The molecule has 1 aliphatic heterocycles. The van der Waals surface area contributed by atoms with Crippen LogP contribution < -0.4 is 15.0 Å². The SMILES string of the molecule is COc1cc(F)ccc1-c1cnc(N2CCNC(C)CC2)nc1. The van der Waals surface area contributed by atoms with Crippen LogP contribution in [0.4, 0.5) is 10.3 Å². The van der Waals surface area contributed by atoms with Gasteiger partial charge in [0, 0.05) is 55.3 Å². The number of benzene rings is 1. The fourth-order valence-electron chi connectivity index (χ4n) is 2.74. The monoisotopic (exact) mass is 316 g/mol. The van der Waals surface area contributed by atoms with Crippen LogP contribution in [0, 0.1) is 5.82 Å². The number of methoxy groups -OCH3 is 1. The average Bonchev–Trinajstić information content (AvgIpc) is 2.79. The molecule has 1 fully saturated rings. The Kier molecular flexibility index (Phi) is 4.71. The summed E-state index contributed by atoms with van der Waals surface area (Å²) in [4.78, 5) is 11.1. The fourth-order valence-corrected chi connectivity index (χ4v) is 2.74. The summed E-state index contributed by atoms with van der Waals surface area (Å²) in [6.45, 7) is 4.95. The van der Waals surface area contributed by atoms with Crippen molar-refractivity contribution in [1.29, 1.82) is 0 Å². The summed E-state index contributed by atoms with van der Waals surface area (Å²) in [6.07, 6.45) is 4.59. The quantitative estimate of drug-likeness (QED) is 0.943. The molecule has 3 rings (SSSR count). The van der Waals surface area contributed by atoms with Crippen molar-refractivity contribution in [3.8, 4) is 16.9 Å². The molecule has 1 aromatic carbocycles. The summed E-state index contributed by atoms with van der Waals surface area (Å²) in [5.74, 6) is 0.884. The van der Waals surface area contributed by atoms with E-state index in [9.17, 15) is 4.39 Å². The smallest absolute Gasteiger partial charge is 0.225 e. The number of rotatable bonds is 3. The molecular formula is C17H21FN4O. The Morgan fingerprint density at radius 1 is 1.26 bits per heavy atom. The van der Waals surface area contributed by atoms with Gasteiger partial charge >= 0.3 is 0 Å². The van der Waals surface area contributed by atoms with Gasteiger partial charge in [-0.2, -0.15) is 0 Å². The number of ether oxygens (including phenoxy) is 1. The van der Waals surface area contributed by atoms with Gasteiger partial charge in [-0.3, -0.25) is 0 Å². The van der Waals surface area contributed by atoms with Gasteiger partial charge in [0.25, 0.3) is 0 Å². The largest absolute Gasteiger partial charge is 0.496 e. The van der Waals surface area contributed by atoms with Crippen LogP contribution in [0.3, 0.4) is 0 Å². The molecule has 0 spiro atoms. The number of anilines is 1. The molecule has 1 saturated heterocycles. The fraction of sp³-hybridized carbons (Fsp3) is 0.412. The van der Waals surface area contributed by atoms with Crippen LogP contribution >= 0.6 is 0 Å². The van der Waals surface area contributed by atoms with E-state index in [2.05, 4.69) is 27.1 Å². The van der Waals surface area contributed by atoms with Crippen LogP contribution in [0.1, 0.15) is 13.3 Å². The van der Waals surface area contributed by atoms with Gasteiger partial charge in [-0.05, 0) is 25.5 Å². The topological polar surface area (TPSA) is 50.3 Å². The maximum absolute atomic E-state index is 13.3. The third-order valence-corrected chi connectivity index (χ3v) is 4.10. The summed E-state index contributed by atoms with van der Waals surface area (Å²) in [6, 6.07) is 4.98. The minimum Gasteiger partial charge on any atom is -0.496 e. The van der Waals surface area contributed by atoms with Crippen LogP contribution in [0.2, 0.25) is 0 Å². The lowest BCUT2D eigenvalue weighted by Gasteiger charge is -2.20. The van der Waals surface area contributed by atoms with E-state index in [-0.39, 0.29) is 5.82 Å². The Morgan fingerprint density at radius 3 is 2.78 bits per heavy atom. The highest BCUT2D eigenvalue weighted by atomic mass is 19.1. The van der Waals surface area contributed by atoms with Crippen LogP contribution in [-0.2, 0) is 0 Å². The number of aromatic nitrogens is 2. The number of nitrogens with zero attached hydrogens (tertiary/aromatic N) is 3. The van der Waals surface area contributed by atoms with Gasteiger partial charge in [0.2, 0.25) is 5.95 Å². The molecule has 1 N–H and O–H groups in total. The molecule has 1 unspecified atom stereocenters. The molecule has 6 heteroatoms. The van der Waals surface area contributed by atoms with Crippen molar-refractivity contribution in [2.24, 2.45) is 0 Å². The summed E-state index contributed by atoms with van der Waals surface area (Å²) in [5.41, 5.74) is 1.60. The molecule has 5 nitrogen and oxygen atoms in total. The minimum atomic E-state index is -0.325. The van der Waals surface area contributed by atoms with Gasteiger partial charge < -0.3 is 15.0 Å². The van der Waals surface area contributed by atoms with Crippen molar-refractivity contribution < 1.29 is 9.13 Å². The van der Waals surface area contributed by atoms with E-state index >= 15 is 0 Å². The normalized spacial score (nSPS) is 18.6. The zero-order valence-electron chi connectivity index (χ0n) is 13.4. The van der Waals surface area contributed by atoms with Gasteiger partial charge in [0.1, 0.15) is 11.6 Å². The Hall–Kier alpha value is -2.21. The minimum absolute atomic E-state index is 0.325. The van der Waals surface area contributed by atoms with Crippen molar-refractivity contribution in [3.63, 3.8) is 0 Å². The summed E-state index contributed by atoms with van der Waals surface area (Å²) in [7, 11) is 1.53. The number of halogens is 1. The first kappa shape index (κ1) is 15.7. The Labute approximate surface area is 135 Å². The van der Waals surface area contributed by atoms with E-state index in [0.29, 0.717) is 11.8 Å². The van der Waals surface area contributed by atoms with Crippen LogP contribution in [0.5, 0.6) is 5.75 Å². The standard InChI is InChI=1S/C17H21FN4O/c1-12-5-7-22(8-6-19-12)17-20-10-13(11-21-17)15-4-3-14(18)9-16(15)23-2/h3-4,9-12,19H,5-8H2,1-2H3. The molecule has 2 aromatic rings. The van der Waals surface area contributed by atoms with E-state index in [1.54, 1.807) is 18.5 Å². The Morgan fingerprint density at radius 2 is 2.04 bits per heavy atom. The Balaban J connectivity index is 1.82. The lowest BCUT2D eigenvalue weighted by molar-refractivity contribution is 0.413. The molecule has 1 aromatic heterocycles. The molecule has 2 heterocycles. The molecule has 23 heavy (non-hydrogen) atoms. The predicted octanol–water partition coefficient (Wildman–Crippen LogP) is 2.48. The number of hydrogen-bond donors (Lipinski definition) is 1. The van der Waals surface area contributed by atoms with E-state index in [0.717, 1.165) is 43.1 Å². The maximum atomic E-state index is 13.3. The third-order valence-electron chi connectivity index (χ3n) is 4.10. The van der Waals surface area contributed by atoms with E-state index in [1.807, 2.05) is 0 Å². The third kappa shape index (κ3) is 3.59. The highest BCUT2D eigenvalue weighted by Gasteiger charge is 2.16. The second kappa shape index (κ2) is 6.91. The van der Waals surface area contributed by atoms with Crippen LogP contribution in [0.15, 0.2) is 30.6 Å². The van der Waals surface area contributed by atoms with Crippen LogP contribution in [0.25, 0.3) is 11.1 Å². The summed E-state index contributed by atoms with van der Waals surface area (Å²) < 4.78 is 18.5. The molecule has 0 radical (unpaired) electrons. The molecule has 122 valence electrons. The van der Waals surface area contributed by atoms with E-state index in [1.165, 1.54) is 19.2 Å². The molecule has 0 aliphatic carbocycles. The number of nitrogens with one attached hydrogen (secondary N) is 1. The van der Waals surface area contributed by atoms with Gasteiger partial charge in [0.05, 0.1) is 7.11 Å². The van der Waals surface area contributed by atoms with E-state index < -0.39 is 0 Å². The maximum Gasteiger partial charge on any atom is 0.225 e. The zero-order chi connectivity index (χ0) is 16.2. The predicted molar refractivity (Wildman–Crippen MR) is 88.3 cm³/mol. The molecule has 0 amide bonds. The molecule has 0 bridgehead atoms. The average molecular weight is 316 g/mol. The lowest BCUT2D eigenvalue weighted by atomic mass is 10.1. The van der Waals surface area contributed by atoms with Crippen LogP contribution in [-0.4, -0.2) is 42.8 Å². The molecule has 1 aliphatic rings. The van der Waals surface area contributed by atoms with Crippen molar-refractivity contribution >= 4 is 5.95 Å². The Bertz CT molecular complexity index is 662. The zero-order valence-corrected chi connectivity index (χ0v) is 13.4. The molecule has 1 atom stereocenters. The first-order valence-electron chi connectivity index (χ1n) is 7.81. The number of hydrogen-bond acceptors (Lipinski definition) is 5. The first-order chi connectivity index (χ1) is 11.2. The second-order valence-electron chi connectivity index (χ2n) is 5.75. The highest BCUT2D eigenvalue weighted by molar-refractivity contribution is 5.69. The first-order valence-corrected chi connectivity index (χ1v) is 7.81. The van der Waals surface area contributed by atoms with Crippen molar-refractivity contribution in [2.45, 2.75) is 19.4 Å². The van der Waals surface area contributed by atoms with Gasteiger partial charge in [-0.15, -0.1) is 0 Å². The highest BCUT2D eigenvalue weighted by Crippen LogP contribution is 2.30. The van der Waals surface area contributed by atoms with Crippen molar-refractivity contribution in [2.75, 3.05) is 31.6 Å². The lowest BCUT2D eigenvalue weighted by Crippen LogP contribution is -2.30. The van der Waals surface area contributed by atoms with E-state index in [4.69, 9.17) is 4.74 Å². The van der Waals surface area contributed by atoms with Gasteiger partial charge in [-0.25, -0.2) is 14.4 Å². The summed E-state index contributed by atoms with van der Waals surface area (Å²) >= 11 is 0. The van der Waals surface area contributed by atoms with Gasteiger partial charge in [0.15, 0.2) is 0 Å². The molecular weight excluding hydrogens is 295 g/mol.